The van der Waals surface area contributed by atoms with Crippen molar-refractivity contribution in [3.63, 3.8) is 0 Å². The average molecular weight is 211 g/mol. The van der Waals surface area contributed by atoms with Gasteiger partial charge in [0.1, 0.15) is 0 Å². The Balaban J connectivity index is 2.93. The van der Waals surface area contributed by atoms with Gasteiger partial charge in [0.25, 0.3) is 0 Å². The summed E-state index contributed by atoms with van der Waals surface area (Å²) in [5.41, 5.74) is 2.35. The zero-order valence-electron chi connectivity index (χ0n) is 6.08. The van der Waals surface area contributed by atoms with Crippen LogP contribution in [-0.4, -0.2) is 9.38 Å². The van der Waals surface area contributed by atoms with Gasteiger partial charge >= 0.3 is 0 Å². The molecule has 0 saturated carbocycles. The van der Waals surface area contributed by atoms with Crippen molar-refractivity contribution >= 4 is 21.4 Å². The van der Waals surface area contributed by atoms with Crippen LogP contribution in [0.25, 0.3) is 5.52 Å². The normalized spacial score (nSPS) is 10.7. The Morgan fingerprint density at radius 1 is 1.55 bits per heavy atom. The smallest absolute Gasteiger partial charge is 0.0992 e. The number of aryl methyl sites for hydroxylation is 1. The van der Waals surface area contributed by atoms with Gasteiger partial charge in [-0.15, -0.1) is 0 Å². The highest BCUT2D eigenvalue weighted by Crippen LogP contribution is 2.21. The van der Waals surface area contributed by atoms with Crippen molar-refractivity contribution in [2.24, 2.45) is 0 Å². The largest absolute Gasteiger partial charge is 0.305 e. The topological polar surface area (TPSA) is 17.3 Å². The molecule has 3 heteroatoms. The van der Waals surface area contributed by atoms with Crippen molar-refractivity contribution in [1.29, 1.82) is 0 Å². The molecule has 0 amide bonds. The second-order valence-corrected chi connectivity index (χ2v) is 3.29. The molecule has 11 heavy (non-hydrogen) atoms. The predicted molar refractivity (Wildman–Crippen MR) is 47.6 cm³/mol. The van der Waals surface area contributed by atoms with Crippen LogP contribution < -0.4 is 0 Å². The second kappa shape index (κ2) is 2.34. The molecular formula is C8H7BrN2. The van der Waals surface area contributed by atoms with Crippen molar-refractivity contribution in [1.82, 2.24) is 9.38 Å². The highest BCUT2D eigenvalue weighted by Gasteiger charge is 1.99. The molecule has 2 nitrogen and oxygen atoms in total. The summed E-state index contributed by atoms with van der Waals surface area (Å²) in [6.45, 7) is 2.07. The van der Waals surface area contributed by atoms with Crippen LogP contribution in [-0.2, 0) is 0 Å². The molecule has 2 heterocycles. The molecule has 0 N–H and O–H groups in total. The lowest BCUT2D eigenvalue weighted by Gasteiger charge is -1.99. The minimum absolute atomic E-state index is 1.12. The van der Waals surface area contributed by atoms with Crippen LogP contribution in [0, 0.1) is 6.92 Å². The van der Waals surface area contributed by atoms with Crippen LogP contribution in [0.1, 0.15) is 5.56 Å². The van der Waals surface area contributed by atoms with Gasteiger partial charge in [-0.2, -0.15) is 0 Å². The molecule has 0 aromatic carbocycles. The van der Waals surface area contributed by atoms with Crippen LogP contribution in [0.3, 0.4) is 0 Å². The fourth-order valence-electron chi connectivity index (χ4n) is 1.06. The molecule has 0 aliphatic carbocycles. The molecule has 2 aromatic rings. The first kappa shape index (κ1) is 6.85. The number of pyridine rings is 1. The van der Waals surface area contributed by atoms with E-state index < -0.39 is 0 Å². The van der Waals surface area contributed by atoms with Gasteiger partial charge in [0.15, 0.2) is 0 Å². The maximum absolute atomic E-state index is 4.04. The maximum Gasteiger partial charge on any atom is 0.0992 e. The molecule has 0 radical (unpaired) electrons. The van der Waals surface area contributed by atoms with Crippen molar-refractivity contribution < 1.29 is 0 Å². The molecular weight excluding hydrogens is 204 g/mol. The Bertz CT molecular complexity index is 392. The standard InChI is InChI=1S/C8H7BrN2/c1-6-2-3-11-5-10-4-7(11)8(6)9/h2-5H,1H3. The minimum atomic E-state index is 1.12. The Labute approximate surface area is 73.0 Å². The van der Waals surface area contributed by atoms with Crippen molar-refractivity contribution in [3.8, 4) is 0 Å². The van der Waals surface area contributed by atoms with Gasteiger partial charge < -0.3 is 4.40 Å². The molecule has 0 aliphatic rings. The summed E-state index contributed by atoms with van der Waals surface area (Å²) < 4.78 is 3.11. The number of rotatable bonds is 0. The van der Waals surface area contributed by atoms with E-state index >= 15 is 0 Å². The molecule has 0 spiro atoms. The molecule has 0 unspecified atom stereocenters. The average Bonchev–Trinajstić information content (AvgIpc) is 2.45. The summed E-state index contributed by atoms with van der Waals surface area (Å²) in [5, 5.41) is 0. The van der Waals surface area contributed by atoms with Gasteiger partial charge in [-0.3, -0.25) is 0 Å². The first-order chi connectivity index (χ1) is 5.29. The lowest BCUT2D eigenvalue weighted by Crippen LogP contribution is -1.84. The summed E-state index contributed by atoms with van der Waals surface area (Å²) in [6, 6.07) is 2.05. The van der Waals surface area contributed by atoms with E-state index in [-0.39, 0.29) is 0 Å². The number of halogens is 1. The zero-order valence-corrected chi connectivity index (χ0v) is 7.67. The molecule has 0 atom stereocenters. The summed E-state index contributed by atoms with van der Waals surface area (Å²) in [5.74, 6) is 0. The maximum atomic E-state index is 4.04. The van der Waals surface area contributed by atoms with Gasteiger partial charge in [-0.05, 0) is 34.5 Å². The number of nitrogens with zero attached hydrogens (tertiary/aromatic N) is 2. The first-order valence-corrected chi connectivity index (χ1v) is 4.15. The van der Waals surface area contributed by atoms with Gasteiger partial charge in [0.2, 0.25) is 0 Å². The number of fused-ring (bicyclic) bond motifs is 1. The first-order valence-electron chi connectivity index (χ1n) is 3.36. The van der Waals surface area contributed by atoms with Gasteiger partial charge in [-0.25, -0.2) is 4.98 Å². The van der Waals surface area contributed by atoms with E-state index in [1.807, 2.05) is 16.8 Å². The molecule has 0 saturated heterocycles. The predicted octanol–water partition coefficient (Wildman–Crippen LogP) is 2.41. The number of aromatic nitrogens is 2. The SMILES string of the molecule is Cc1ccn2cncc2c1Br. The van der Waals surface area contributed by atoms with E-state index in [2.05, 4.69) is 33.9 Å². The summed E-state index contributed by atoms with van der Waals surface area (Å²) in [4.78, 5) is 4.04. The van der Waals surface area contributed by atoms with Crippen LogP contribution in [0.5, 0.6) is 0 Å². The van der Waals surface area contributed by atoms with Gasteiger partial charge in [0, 0.05) is 10.7 Å². The van der Waals surface area contributed by atoms with E-state index in [0.29, 0.717) is 0 Å². The third-order valence-electron chi connectivity index (χ3n) is 1.72. The molecule has 56 valence electrons. The monoisotopic (exact) mass is 210 g/mol. The quantitative estimate of drug-likeness (QED) is 0.653. The fraction of sp³-hybridized carbons (Fsp3) is 0.125. The Kier molecular flexibility index (Phi) is 1.46. The molecule has 2 aromatic heterocycles. The van der Waals surface area contributed by atoms with E-state index in [4.69, 9.17) is 0 Å². The van der Waals surface area contributed by atoms with Crippen LogP contribution >= 0.6 is 15.9 Å². The fourth-order valence-corrected chi connectivity index (χ4v) is 1.50. The summed E-state index contributed by atoms with van der Waals surface area (Å²) >= 11 is 3.50. The number of hydrogen-bond acceptors (Lipinski definition) is 1. The van der Waals surface area contributed by atoms with E-state index in [9.17, 15) is 0 Å². The van der Waals surface area contributed by atoms with E-state index in [1.54, 1.807) is 6.33 Å². The van der Waals surface area contributed by atoms with Crippen molar-refractivity contribution in [2.75, 3.05) is 0 Å². The molecule has 2 rings (SSSR count). The lowest BCUT2D eigenvalue weighted by molar-refractivity contribution is 1.14. The van der Waals surface area contributed by atoms with Gasteiger partial charge in [0.05, 0.1) is 18.0 Å². The number of hydrogen-bond donors (Lipinski definition) is 0. The highest BCUT2D eigenvalue weighted by atomic mass is 79.9. The van der Waals surface area contributed by atoms with E-state index in [0.717, 1.165) is 9.99 Å². The highest BCUT2D eigenvalue weighted by molar-refractivity contribution is 9.10. The molecule has 0 bridgehead atoms. The Morgan fingerprint density at radius 2 is 2.36 bits per heavy atom. The van der Waals surface area contributed by atoms with Crippen molar-refractivity contribution in [3.05, 3.63) is 34.8 Å². The second-order valence-electron chi connectivity index (χ2n) is 2.50. The minimum Gasteiger partial charge on any atom is -0.305 e. The molecule has 0 aliphatic heterocycles. The Hall–Kier alpha value is -0.830. The third-order valence-corrected chi connectivity index (χ3v) is 2.75. The third kappa shape index (κ3) is 0.959. The van der Waals surface area contributed by atoms with Gasteiger partial charge in [-0.1, -0.05) is 0 Å². The summed E-state index contributed by atoms with van der Waals surface area (Å²) in [6.07, 6.45) is 5.64. The molecule has 0 fully saturated rings. The summed E-state index contributed by atoms with van der Waals surface area (Å²) in [7, 11) is 0. The van der Waals surface area contributed by atoms with Crippen molar-refractivity contribution in [2.45, 2.75) is 6.92 Å². The van der Waals surface area contributed by atoms with Crippen LogP contribution in [0.4, 0.5) is 0 Å². The Morgan fingerprint density at radius 3 is 3.18 bits per heavy atom. The van der Waals surface area contributed by atoms with E-state index in [1.165, 1.54) is 5.56 Å². The van der Waals surface area contributed by atoms with Crippen LogP contribution in [0.15, 0.2) is 29.3 Å². The lowest BCUT2D eigenvalue weighted by atomic mass is 10.3. The zero-order chi connectivity index (χ0) is 7.84. The number of imidazole rings is 1. The van der Waals surface area contributed by atoms with Crippen LogP contribution in [0.2, 0.25) is 0 Å².